The Labute approximate surface area is 255 Å². The highest BCUT2D eigenvalue weighted by atomic mass is 16.7. The number of rotatable bonds is 6. The fourth-order valence-electron chi connectivity index (χ4n) is 4.69. The van der Waals surface area contributed by atoms with Crippen molar-refractivity contribution >= 4 is 25.0 Å². The monoisotopic (exact) mass is 588 g/mol. The largest absolute Gasteiger partial charge is 0.494 e. The normalized spacial score (nSPS) is 18.7. The van der Waals surface area contributed by atoms with Crippen LogP contribution in [0.2, 0.25) is 0 Å². The number of H-pyrrole nitrogens is 1. The smallest absolute Gasteiger partial charge is 0.483 e. The quantitative estimate of drug-likeness (QED) is 0.277. The van der Waals surface area contributed by atoms with Gasteiger partial charge in [0.1, 0.15) is 5.82 Å². The maximum atomic E-state index is 13.1. The molecule has 2 saturated heterocycles. The highest BCUT2D eigenvalue weighted by Gasteiger charge is 2.51. The van der Waals surface area contributed by atoms with Crippen LogP contribution in [0.3, 0.4) is 0 Å². The fraction of sp³-hybridized carbons (Fsp3) is 0.656. The predicted octanol–water partition coefficient (Wildman–Crippen LogP) is 6.06. The van der Waals surface area contributed by atoms with Gasteiger partial charge >= 0.3 is 7.12 Å². The lowest BCUT2D eigenvalue weighted by atomic mass is 9.79. The number of nitrogens with zero attached hydrogens (tertiary/aromatic N) is 2. The van der Waals surface area contributed by atoms with Gasteiger partial charge in [0, 0.05) is 6.54 Å². The molecule has 1 aromatic carbocycles. The highest BCUT2D eigenvalue weighted by Crippen LogP contribution is 2.37. The number of benzene rings is 1. The number of hydrogen-bond donors (Lipinski definition) is 3. The second kappa shape index (κ2) is 18.8. The number of carbonyl (C=O) groups is 2. The molecule has 9 nitrogen and oxygen atoms in total. The van der Waals surface area contributed by atoms with E-state index in [2.05, 4.69) is 69.0 Å². The second-order valence-electron chi connectivity index (χ2n) is 10.7. The van der Waals surface area contributed by atoms with E-state index in [4.69, 9.17) is 19.2 Å². The molecule has 1 aromatic heterocycles. The molecule has 2 unspecified atom stereocenters. The molecule has 42 heavy (non-hydrogen) atoms. The summed E-state index contributed by atoms with van der Waals surface area (Å²) in [6.45, 7) is 24.9. The van der Waals surface area contributed by atoms with Crippen molar-refractivity contribution in [3.63, 3.8) is 0 Å². The molecule has 238 valence electrons. The minimum absolute atomic E-state index is 0.00938. The van der Waals surface area contributed by atoms with E-state index in [-0.39, 0.29) is 48.7 Å². The van der Waals surface area contributed by atoms with Gasteiger partial charge in [0.2, 0.25) is 5.91 Å². The number of amides is 1. The van der Waals surface area contributed by atoms with Crippen molar-refractivity contribution in [2.75, 3.05) is 13.6 Å². The molecule has 0 aliphatic carbocycles. The van der Waals surface area contributed by atoms with Crippen LogP contribution in [-0.4, -0.2) is 70.3 Å². The van der Waals surface area contributed by atoms with Crippen molar-refractivity contribution in [3.05, 3.63) is 36.3 Å². The molecular formula is C32H57BN4O5. The minimum atomic E-state index is -0.375. The van der Waals surface area contributed by atoms with Gasteiger partial charge in [-0.05, 0) is 64.5 Å². The lowest BCUT2D eigenvalue weighted by Crippen LogP contribution is -2.47. The van der Waals surface area contributed by atoms with Crippen molar-refractivity contribution in [1.82, 2.24) is 20.2 Å². The van der Waals surface area contributed by atoms with Crippen LogP contribution in [0, 0.1) is 5.92 Å². The van der Waals surface area contributed by atoms with Crippen molar-refractivity contribution in [3.8, 4) is 11.3 Å². The summed E-state index contributed by atoms with van der Waals surface area (Å²) in [6, 6.07) is 8.02. The SMILES string of the molecule is CC.CC.CC.CNC(C(=O)N1CCCC1c1ncc(-c2ccc(B3OC(C)(C)C(C)(C)O3)cc2)[nH]1)C(C)C.O=CO. The average molecular weight is 589 g/mol. The molecular weight excluding hydrogens is 531 g/mol. The van der Waals surface area contributed by atoms with Gasteiger partial charge in [-0.2, -0.15) is 0 Å². The molecule has 3 N–H and O–H groups in total. The third-order valence-electron chi connectivity index (χ3n) is 7.44. The Morgan fingerprint density at radius 3 is 2.02 bits per heavy atom. The molecule has 2 fully saturated rings. The summed E-state index contributed by atoms with van der Waals surface area (Å²) in [4.78, 5) is 31.6. The zero-order valence-corrected chi connectivity index (χ0v) is 28.4. The maximum Gasteiger partial charge on any atom is 0.494 e. The van der Waals surface area contributed by atoms with E-state index in [1.54, 1.807) is 0 Å². The Kier molecular flexibility index (Phi) is 17.6. The lowest BCUT2D eigenvalue weighted by Gasteiger charge is -2.32. The van der Waals surface area contributed by atoms with Crippen LogP contribution in [0.1, 0.15) is 108 Å². The van der Waals surface area contributed by atoms with Crippen LogP contribution in [0.5, 0.6) is 0 Å². The lowest BCUT2D eigenvalue weighted by molar-refractivity contribution is -0.135. The maximum absolute atomic E-state index is 13.1. The zero-order chi connectivity index (χ0) is 32.7. The van der Waals surface area contributed by atoms with E-state index in [9.17, 15) is 4.79 Å². The number of aromatic nitrogens is 2. The Bertz CT molecular complexity index is 1020. The molecule has 2 aliphatic rings. The van der Waals surface area contributed by atoms with Crippen LogP contribution < -0.4 is 10.8 Å². The van der Waals surface area contributed by atoms with Gasteiger partial charge in [-0.25, -0.2) is 4.98 Å². The number of imidazole rings is 1. The molecule has 2 atom stereocenters. The van der Waals surface area contributed by atoms with Crippen LogP contribution in [-0.2, 0) is 18.9 Å². The average Bonchev–Trinajstić information content (AvgIpc) is 3.71. The number of likely N-dealkylation sites (tertiary alicyclic amines) is 1. The summed E-state index contributed by atoms with van der Waals surface area (Å²) in [6.07, 6.45) is 3.77. The number of carboxylic acid groups (broad SMARTS) is 1. The number of nitrogens with one attached hydrogen (secondary N) is 2. The van der Waals surface area contributed by atoms with Crippen LogP contribution in [0.25, 0.3) is 11.3 Å². The van der Waals surface area contributed by atoms with Crippen molar-refractivity contribution in [2.45, 2.75) is 119 Å². The topological polar surface area (TPSA) is 117 Å². The molecule has 4 rings (SSSR count). The molecule has 10 heteroatoms. The molecule has 0 spiro atoms. The van der Waals surface area contributed by atoms with Gasteiger partial charge in [-0.3, -0.25) is 9.59 Å². The minimum Gasteiger partial charge on any atom is -0.483 e. The standard InChI is InChI=1S/C25H37BN4O3.3C2H6.CH2O2/c1-16(2)21(27-7)23(31)30-14-8-9-20(30)22-28-15-19(29-22)17-10-12-18(13-11-17)26-32-24(3,4)25(5,6)33-26;3*1-2;2-1-3/h10-13,15-16,20-21,27H,8-9,14H2,1-7H3,(H,28,29);3*1-2H3;1H,(H,2,3). The summed E-state index contributed by atoms with van der Waals surface area (Å²) in [5.74, 6) is 1.24. The summed E-state index contributed by atoms with van der Waals surface area (Å²) in [5, 5.41) is 10.1. The molecule has 0 radical (unpaired) electrons. The van der Waals surface area contributed by atoms with Crippen molar-refractivity contribution in [1.29, 1.82) is 0 Å². The van der Waals surface area contributed by atoms with Gasteiger partial charge in [0.15, 0.2) is 0 Å². The molecule has 2 aliphatic heterocycles. The Balaban J connectivity index is 0.00000169. The van der Waals surface area contributed by atoms with E-state index < -0.39 is 0 Å². The second-order valence-corrected chi connectivity index (χ2v) is 10.7. The molecule has 2 aromatic rings. The first-order chi connectivity index (χ1) is 20.0. The molecule has 1 amide bonds. The molecule has 3 heterocycles. The van der Waals surface area contributed by atoms with E-state index in [1.165, 1.54) is 0 Å². The Morgan fingerprint density at radius 1 is 1.07 bits per heavy atom. The summed E-state index contributed by atoms with van der Waals surface area (Å²) in [5.41, 5.74) is 2.26. The van der Waals surface area contributed by atoms with Crippen LogP contribution >= 0.6 is 0 Å². The Morgan fingerprint density at radius 2 is 1.57 bits per heavy atom. The van der Waals surface area contributed by atoms with Gasteiger partial charge < -0.3 is 29.6 Å². The summed E-state index contributed by atoms with van der Waals surface area (Å²) >= 11 is 0. The van der Waals surface area contributed by atoms with E-state index >= 15 is 0 Å². The summed E-state index contributed by atoms with van der Waals surface area (Å²) < 4.78 is 12.3. The van der Waals surface area contributed by atoms with E-state index in [0.29, 0.717) is 0 Å². The van der Waals surface area contributed by atoms with Crippen LogP contribution in [0.15, 0.2) is 30.5 Å². The van der Waals surface area contributed by atoms with E-state index in [0.717, 1.165) is 41.9 Å². The summed E-state index contributed by atoms with van der Waals surface area (Å²) in [7, 11) is 1.48. The van der Waals surface area contributed by atoms with Gasteiger partial charge in [-0.15, -0.1) is 0 Å². The molecule has 0 bridgehead atoms. The predicted molar refractivity (Wildman–Crippen MR) is 174 cm³/mol. The van der Waals surface area contributed by atoms with Gasteiger partial charge in [0.05, 0.1) is 35.2 Å². The molecule has 0 saturated carbocycles. The number of aromatic amines is 1. The highest BCUT2D eigenvalue weighted by molar-refractivity contribution is 6.62. The Hall–Kier alpha value is -2.69. The third kappa shape index (κ3) is 9.68. The number of likely N-dealkylation sites (N-methyl/N-ethyl adjacent to an activating group) is 1. The fourth-order valence-corrected chi connectivity index (χ4v) is 4.69. The number of hydrogen-bond acceptors (Lipinski definition) is 6. The first kappa shape index (κ1) is 39.3. The third-order valence-corrected chi connectivity index (χ3v) is 7.44. The van der Waals surface area contributed by atoms with Crippen molar-refractivity contribution in [2.24, 2.45) is 5.92 Å². The van der Waals surface area contributed by atoms with Crippen molar-refractivity contribution < 1.29 is 24.0 Å². The van der Waals surface area contributed by atoms with Gasteiger partial charge in [0.25, 0.3) is 6.47 Å². The van der Waals surface area contributed by atoms with Crippen LogP contribution in [0.4, 0.5) is 0 Å². The first-order valence-corrected chi connectivity index (χ1v) is 15.5. The first-order valence-electron chi connectivity index (χ1n) is 15.5. The van der Waals surface area contributed by atoms with E-state index in [1.807, 2.05) is 71.8 Å². The van der Waals surface area contributed by atoms with Gasteiger partial charge in [-0.1, -0.05) is 79.7 Å². The zero-order valence-electron chi connectivity index (χ0n) is 28.4. The number of carbonyl (C=O) groups excluding carboxylic acids is 1.